The molecule has 0 radical (unpaired) electrons. The van der Waals surface area contributed by atoms with Crippen molar-refractivity contribution in [3.05, 3.63) is 82.9 Å². The third-order valence-electron chi connectivity index (χ3n) is 5.36. The van der Waals surface area contributed by atoms with Gasteiger partial charge in [0.15, 0.2) is 0 Å². The third-order valence-corrected chi connectivity index (χ3v) is 5.36. The number of aromatic nitrogens is 2. The molecule has 3 heterocycles. The Hall–Kier alpha value is -3.39. The average Bonchev–Trinajstić information content (AvgIpc) is 3.38. The van der Waals surface area contributed by atoms with Gasteiger partial charge in [-0.2, -0.15) is 13.2 Å². The largest absolute Gasteiger partial charge is 0.418 e. The van der Waals surface area contributed by atoms with Crippen LogP contribution in [0.3, 0.4) is 0 Å². The number of halogens is 3. The molecule has 30 heavy (non-hydrogen) atoms. The molecule has 152 valence electrons. The Morgan fingerprint density at radius 2 is 2.03 bits per heavy atom. The molecule has 8 heteroatoms. The molecule has 1 aliphatic carbocycles. The fourth-order valence-corrected chi connectivity index (χ4v) is 3.95. The van der Waals surface area contributed by atoms with Crippen molar-refractivity contribution in [3.8, 4) is 11.3 Å². The van der Waals surface area contributed by atoms with Gasteiger partial charge in [-0.1, -0.05) is 42.1 Å². The molecular formula is C22H16F3N3O2. The van der Waals surface area contributed by atoms with Gasteiger partial charge in [-0.15, -0.1) is 5.48 Å². The van der Waals surface area contributed by atoms with E-state index in [-0.39, 0.29) is 11.5 Å². The number of hydrogen-bond donors (Lipinski definition) is 1. The highest BCUT2D eigenvalue weighted by Gasteiger charge is 2.49. The average molecular weight is 411 g/mol. The highest BCUT2D eigenvalue weighted by molar-refractivity contribution is 5.77. The highest BCUT2D eigenvalue weighted by Crippen LogP contribution is 2.47. The maximum atomic E-state index is 14.0. The lowest BCUT2D eigenvalue weighted by Crippen LogP contribution is -2.23. The molecule has 1 N–H and O–H groups in total. The molecule has 1 unspecified atom stereocenters. The predicted octanol–water partition coefficient (Wildman–Crippen LogP) is 5.03. The summed E-state index contributed by atoms with van der Waals surface area (Å²) in [4.78, 5) is 9.36. The topological polar surface area (TPSA) is 60.2 Å². The van der Waals surface area contributed by atoms with Crippen molar-refractivity contribution in [1.82, 2.24) is 15.6 Å². The molecule has 5 nitrogen and oxygen atoms in total. The highest BCUT2D eigenvalue weighted by atomic mass is 19.4. The van der Waals surface area contributed by atoms with Gasteiger partial charge in [-0.05, 0) is 36.1 Å². The lowest BCUT2D eigenvalue weighted by molar-refractivity contribution is -0.0953. The van der Waals surface area contributed by atoms with Crippen LogP contribution in [0.1, 0.15) is 34.2 Å². The molecule has 0 saturated carbocycles. The van der Waals surface area contributed by atoms with Crippen LogP contribution in [0.15, 0.2) is 59.3 Å². The second-order valence-corrected chi connectivity index (χ2v) is 7.11. The molecule has 0 fully saturated rings. The van der Waals surface area contributed by atoms with E-state index in [2.05, 4.69) is 22.2 Å². The van der Waals surface area contributed by atoms with Crippen LogP contribution in [0.4, 0.5) is 13.2 Å². The molecule has 2 aromatic heterocycles. The van der Waals surface area contributed by atoms with Crippen molar-refractivity contribution in [1.29, 1.82) is 0 Å². The minimum Gasteiger partial charge on any atom is -0.403 e. The quantitative estimate of drug-likeness (QED) is 0.655. The number of alkyl halides is 3. The van der Waals surface area contributed by atoms with Crippen LogP contribution in [0, 0.1) is 0 Å². The summed E-state index contributed by atoms with van der Waals surface area (Å²) < 4.78 is 47.5. The van der Waals surface area contributed by atoms with Crippen LogP contribution >= 0.6 is 0 Å². The zero-order valence-corrected chi connectivity index (χ0v) is 15.7. The van der Waals surface area contributed by atoms with Gasteiger partial charge in [-0.3, -0.25) is 4.98 Å². The van der Waals surface area contributed by atoms with E-state index < -0.39 is 23.6 Å². The normalized spacial score (nSPS) is 18.0. The molecule has 0 spiro atoms. The van der Waals surface area contributed by atoms with Gasteiger partial charge in [0.1, 0.15) is 17.3 Å². The lowest BCUT2D eigenvalue weighted by atomic mass is 9.87. The van der Waals surface area contributed by atoms with Crippen LogP contribution in [-0.4, -0.2) is 16.3 Å². The first-order chi connectivity index (χ1) is 14.5. The molecule has 1 atom stereocenters. The Balaban J connectivity index is 1.64. The van der Waals surface area contributed by atoms with Crippen molar-refractivity contribution in [2.45, 2.75) is 25.1 Å². The summed E-state index contributed by atoms with van der Waals surface area (Å²) >= 11 is 0. The van der Waals surface area contributed by atoms with Crippen LogP contribution in [0.2, 0.25) is 0 Å². The van der Waals surface area contributed by atoms with Gasteiger partial charge in [0.25, 0.3) is 0 Å². The summed E-state index contributed by atoms with van der Waals surface area (Å²) in [5, 5.41) is 4.09. The molecule has 0 bridgehead atoms. The number of benzene rings is 1. The van der Waals surface area contributed by atoms with E-state index in [0.717, 1.165) is 16.7 Å². The SMILES string of the molecule is C=Cc1ccc2c(c1)CCc1c-2noc1C1=C(C(F)(F)F)C(c2ccccn2)NO1. The predicted molar refractivity (Wildman–Crippen MR) is 104 cm³/mol. The van der Waals surface area contributed by atoms with Gasteiger partial charge in [0, 0.05) is 17.3 Å². The summed E-state index contributed by atoms with van der Waals surface area (Å²) in [6, 6.07) is 9.30. The van der Waals surface area contributed by atoms with Crippen molar-refractivity contribution < 1.29 is 22.5 Å². The minimum atomic E-state index is -4.65. The first-order valence-corrected chi connectivity index (χ1v) is 9.36. The number of hydroxylamine groups is 1. The van der Waals surface area contributed by atoms with E-state index in [1.165, 1.54) is 12.3 Å². The van der Waals surface area contributed by atoms with Gasteiger partial charge in [-0.25, -0.2) is 0 Å². The third kappa shape index (κ3) is 2.91. The van der Waals surface area contributed by atoms with E-state index in [9.17, 15) is 13.2 Å². The summed E-state index contributed by atoms with van der Waals surface area (Å²) in [6.45, 7) is 3.77. The number of hydrogen-bond acceptors (Lipinski definition) is 5. The first-order valence-electron chi connectivity index (χ1n) is 9.36. The Morgan fingerprint density at radius 1 is 1.17 bits per heavy atom. The summed E-state index contributed by atoms with van der Waals surface area (Å²) in [5.41, 5.74) is 5.80. The Bertz CT molecular complexity index is 1170. The standard InChI is InChI=1S/C22H16F3N3O2/c1-2-12-6-8-14-13(11-12)7-9-15-18(14)27-29-20(15)21-17(22(23,24)25)19(28-30-21)16-5-3-4-10-26-16/h2-6,8,10-11,19,28H,1,7,9H2. The zero-order chi connectivity index (χ0) is 20.9. The Labute approximate surface area is 169 Å². The van der Waals surface area contributed by atoms with Crippen molar-refractivity contribution >= 4 is 11.8 Å². The number of aryl methyl sites for hydroxylation is 1. The van der Waals surface area contributed by atoms with E-state index in [0.29, 0.717) is 24.1 Å². The van der Waals surface area contributed by atoms with Crippen molar-refractivity contribution in [2.24, 2.45) is 0 Å². The minimum absolute atomic E-state index is 0.00158. The monoisotopic (exact) mass is 411 g/mol. The Kier molecular flexibility index (Phi) is 4.25. The van der Waals surface area contributed by atoms with Crippen LogP contribution in [-0.2, 0) is 17.7 Å². The summed E-state index contributed by atoms with van der Waals surface area (Å²) in [5.74, 6) is -0.389. The molecule has 3 aromatic rings. The van der Waals surface area contributed by atoms with E-state index in [4.69, 9.17) is 9.36 Å². The molecule has 2 aliphatic rings. The summed E-state index contributed by atoms with van der Waals surface area (Å²) in [7, 11) is 0. The number of nitrogens with one attached hydrogen (secondary N) is 1. The van der Waals surface area contributed by atoms with Crippen LogP contribution in [0.5, 0.6) is 0 Å². The van der Waals surface area contributed by atoms with Gasteiger partial charge < -0.3 is 9.36 Å². The van der Waals surface area contributed by atoms with Gasteiger partial charge in [0.05, 0.1) is 5.69 Å². The molecule has 1 aliphatic heterocycles. The second-order valence-electron chi connectivity index (χ2n) is 7.11. The molecule has 1 aromatic carbocycles. The van der Waals surface area contributed by atoms with E-state index in [1.807, 2.05) is 18.2 Å². The maximum Gasteiger partial charge on any atom is 0.418 e. The maximum absolute atomic E-state index is 14.0. The number of fused-ring (bicyclic) bond motifs is 3. The van der Waals surface area contributed by atoms with Crippen LogP contribution in [0.25, 0.3) is 23.1 Å². The fourth-order valence-electron chi connectivity index (χ4n) is 3.95. The van der Waals surface area contributed by atoms with Crippen molar-refractivity contribution in [2.75, 3.05) is 0 Å². The zero-order valence-electron chi connectivity index (χ0n) is 15.7. The van der Waals surface area contributed by atoms with E-state index >= 15 is 0 Å². The lowest BCUT2D eigenvalue weighted by Gasteiger charge is -2.16. The van der Waals surface area contributed by atoms with Crippen molar-refractivity contribution in [3.63, 3.8) is 0 Å². The Morgan fingerprint density at radius 3 is 2.77 bits per heavy atom. The smallest absolute Gasteiger partial charge is 0.403 e. The number of rotatable bonds is 3. The number of pyridine rings is 1. The second kappa shape index (κ2) is 6.84. The fraction of sp³-hybridized carbons (Fsp3) is 0.182. The summed E-state index contributed by atoms with van der Waals surface area (Å²) in [6.07, 6.45) is -0.307. The first kappa shape index (κ1) is 18.6. The molecule has 5 rings (SSSR count). The van der Waals surface area contributed by atoms with Gasteiger partial charge >= 0.3 is 6.18 Å². The van der Waals surface area contributed by atoms with Crippen LogP contribution < -0.4 is 5.48 Å². The number of nitrogens with zero attached hydrogens (tertiary/aromatic N) is 2. The molecule has 0 amide bonds. The van der Waals surface area contributed by atoms with Gasteiger partial charge in [0.2, 0.25) is 11.5 Å². The van der Waals surface area contributed by atoms with E-state index in [1.54, 1.807) is 18.2 Å². The molecule has 0 saturated heterocycles. The molecular weight excluding hydrogens is 395 g/mol.